The Morgan fingerprint density at radius 3 is 2.60 bits per heavy atom. The Balaban J connectivity index is 1.51. The maximum Gasteiger partial charge on any atom is 0.418 e. The molecule has 0 spiro atoms. The third-order valence-corrected chi connectivity index (χ3v) is 5.22. The molecular weight excluding hydrogens is 354 g/mol. The Labute approximate surface area is 146 Å². The van der Waals surface area contributed by atoms with Crippen molar-refractivity contribution in [1.82, 2.24) is 14.9 Å². The molecule has 0 aliphatic carbocycles. The lowest BCUT2D eigenvalue weighted by Crippen LogP contribution is -2.46. The molecule has 0 saturated carbocycles. The number of hydrogen-bond donors (Lipinski definition) is 1. The molecule has 3 aliphatic heterocycles. The predicted octanol–water partition coefficient (Wildman–Crippen LogP) is 0.0185. The molecule has 10 nitrogen and oxygen atoms in total. The zero-order valence-electron chi connectivity index (χ0n) is 13.9. The average molecular weight is 377 g/mol. The highest BCUT2D eigenvalue weighted by molar-refractivity contribution is 7.80. The van der Waals surface area contributed by atoms with Gasteiger partial charge in [0.15, 0.2) is 0 Å². The maximum atomic E-state index is 12.3. The first-order valence-electron chi connectivity index (χ1n) is 8.51. The monoisotopic (exact) mass is 377 g/mol. The number of hydrogen-bond acceptors (Lipinski definition) is 7. The van der Waals surface area contributed by atoms with E-state index in [0.717, 1.165) is 25.9 Å². The van der Waals surface area contributed by atoms with Crippen LogP contribution in [0.5, 0.6) is 0 Å². The Kier molecular flexibility index (Phi) is 5.46. The summed E-state index contributed by atoms with van der Waals surface area (Å²) in [6.07, 6.45) is 4.31. The van der Waals surface area contributed by atoms with Crippen LogP contribution in [0.15, 0.2) is 0 Å². The fourth-order valence-corrected chi connectivity index (χ4v) is 4.02. The van der Waals surface area contributed by atoms with Crippen molar-refractivity contribution >= 4 is 22.4 Å². The van der Waals surface area contributed by atoms with E-state index < -0.39 is 34.5 Å². The van der Waals surface area contributed by atoms with Crippen LogP contribution >= 0.6 is 0 Å². The van der Waals surface area contributed by atoms with Crippen LogP contribution < -0.4 is 0 Å². The summed E-state index contributed by atoms with van der Waals surface area (Å²) in [6, 6.07) is -2.01. The number of carbonyl (C=O) groups excluding carboxylic acids is 2. The molecule has 2 bridgehead atoms. The van der Waals surface area contributed by atoms with Crippen molar-refractivity contribution in [2.45, 2.75) is 44.2 Å². The van der Waals surface area contributed by atoms with Gasteiger partial charge >= 0.3 is 22.4 Å². The van der Waals surface area contributed by atoms with Gasteiger partial charge < -0.3 is 9.64 Å². The number of urea groups is 1. The summed E-state index contributed by atoms with van der Waals surface area (Å²) >= 11 is 0. The van der Waals surface area contributed by atoms with Crippen LogP contribution in [-0.2, 0) is 24.2 Å². The molecule has 2 atom stereocenters. The van der Waals surface area contributed by atoms with E-state index in [9.17, 15) is 18.0 Å². The van der Waals surface area contributed by atoms with Gasteiger partial charge in [-0.05, 0) is 38.8 Å². The van der Waals surface area contributed by atoms with Gasteiger partial charge in [0.05, 0.1) is 6.04 Å². The molecule has 3 fully saturated rings. The normalized spacial score (nSPS) is 27.6. The number of ether oxygens (including phenoxy) is 1. The number of hydroxylamine groups is 2. The quantitative estimate of drug-likeness (QED) is 0.509. The number of piperidine rings is 2. The molecule has 3 saturated heterocycles. The second-order valence-electron chi connectivity index (χ2n) is 6.58. The fourth-order valence-electron chi connectivity index (χ4n) is 3.63. The number of amides is 2. The zero-order valence-corrected chi connectivity index (χ0v) is 14.7. The Bertz CT molecular complexity index is 620. The number of fused-ring (bicyclic) bond motifs is 2. The highest BCUT2D eigenvalue weighted by atomic mass is 32.3. The van der Waals surface area contributed by atoms with Crippen molar-refractivity contribution in [2.24, 2.45) is 0 Å². The Hall–Kier alpha value is -1.43. The fraction of sp³-hybridized carbons (Fsp3) is 0.857. The van der Waals surface area contributed by atoms with Gasteiger partial charge in [-0.25, -0.2) is 9.59 Å². The topological polar surface area (TPSA) is 117 Å². The molecule has 3 rings (SSSR count). The SMILES string of the molecule is O=C(OCCN1CCCCC1)[C@@H]1CC[C@@H]2CN1C(=O)N2OS(=O)(=O)O. The number of carbonyl (C=O) groups is 2. The Morgan fingerprint density at radius 1 is 1.20 bits per heavy atom. The molecule has 1 N–H and O–H groups in total. The lowest BCUT2D eigenvalue weighted by atomic mass is 10.0. The van der Waals surface area contributed by atoms with Gasteiger partial charge in [-0.2, -0.15) is 13.5 Å². The summed E-state index contributed by atoms with van der Waals surface area (Å²) in [5.41, 5.74) is 0. The highest BCUT2D eigenvalue weighted by Crippen LogP contribution is 2.31. The third kappa shape index (κ3) is 4.40. The van der Waals surface area contributed by atoms with Crippen LogP contribution in [-0.4, -0.2) is 84.7 Å². The lowest BCUT2D eigenvalue weighted by Gasteiger charge is -2.29. The van der Waals surface area contributed by atoms with E-state index in [-0.39, 0.29) is 13.2 Å². The maximum absolute atomic E-state index is 12.3. The first kappa shape index (κ1) is 18.4. The van der Waals surface area contributed by atoms with E-state index in [1.54, 1.807) is 0 Å². The van der Waals surface area contributed by atoms with Gasteiger partial charge in [-0.1, -0.05) is 6.42 Å². The van der Waals surface area contributed by atoms with Gasteiger partial charge in [0.1, 0.15) is 12.6 Å². The Morgan fingerprint density at radius 2 is 1.92 bits per heavy atom. The molecule has 0 aromatic heterocycles. The minimum Gasteiger partial charge on any atom is -0.463 e. The van der Waals surface area contributed by atoms with Crippen molar-refractivity contribution in [3.05, 3.63) is 0 Å². The largest absolute Gasteiger partial charge is 0.463 e. The van der Waals surface area contributed by atoms with E-state index in [4.69, 9.17) is 9.29 Å². The molecule has 2 amide bonds. The minimum atomic E-state index is -4.79. The van der Waals surface area contributed by atoms with Crippen molar-refractivity contribution in [2.75, 3.05) is 32.8 Å². The molecule has 3 heterocycles. The molecule has 0 aromatic carbocycles. The number of rotatable bonds is 6. The van der Waals surface area contributed by atoms with E-state index in [2.05, 4.69) is 9.18 Å². The van der Waals surface area contributed by atoms with E-state index in [0.29, 0.717) is 24.4 Å². The molecular formula is C14H23N3O7S. The summed E-state index contributed by atoms with van der Waals surface area (Å²) in [4.78, 5) is 28.0. The van der Waals surface area contributed by atoms with Crippen molar-refractivity contribution in [1.29, 1.82) is 0 Å². The first-order valence-corrected chi connectivity index (χ1v) is 9.87. The molecule has 3 aliphatic rings. The number of likely N-dealkylation sites (tertiary alicyclic amines) is 1. The molecule has 0 aromatic rings. The molecule has 0 radical (unpaired) electrons. The van der Waals surface area contributed by atoms with Gasteiger partial charge in [0, 0.05) is 13.1 Å². The average Bonchev–Trinajstić information content (AvgIpc) is 2.79. The van der Waals surface area contributed by atoms with Crippen LogP contribution in [0.2, 0.25) is 0 Å². The minimum absolute atomic E-state index is 0.167. The highest BCUT2D eigenvalue weighted by Gasteiger charge is 2.49. The second kappa shape index (κ2) is 7.44. The van der Waals surface area contributed by atoms with Crippen LogP contribution in [0.25, 0.3) is 0 Å². The standard InChI is InChI=1S/C14H23N3O7S/c18-13(23-9-8-15-6-2-1-3-7-15)12-5-4-11-10-16(12)14(19)17(11)24-25(20,21)22/h11-12H,1-10H2,(H,20,21,22)/t11-,12+/m1/s1. The van der Waals surface area contributed by atoms with Crippen molar-refractivity contribution < 1.29 is 31.6 Å². The molecule has 142 valence electrons. The number of esters is 1. The van der Waals surface area contributed by atoms with Gasteiger partial charge in [-0.15, -0.1) is 4.28 Å². The molecule has 25 heavy (non-hydrogen) atoms. The molecule has 11 heteroatoms. The summed E-state index contributed by atoms with van der Waals surface area (Å²) in [6.45, 7) is 3.13. The first-order chi connectivity index (χ1) is 11.8. The predicted molar refractivity (Wildman–Crippen MR) is 84.6 cm³/mol. The number of nitrogens with zero attached hydrogens (tertiary/aromatic N) is 3. The van der Waals surface area contributed by atoms with Crippen LogP contribution in [0.1, 0.15) is 32.1 Å². The summed E-state index contributed by atoms with van der Waals surface area (Å²) < 4.78 is 40.1. The van der Waals surface area contributed by atoms with E-state index in [1.807, 2.05) is 0 Å². The van der Waals surface area contributed by atoms with Crippen molar-refractivity contribution in [3.63, 3.8) is 0 Å². The van der Waals surface area contributed by atoms with Crippen molar-refractivity contribution in [3.8, 4) is 0 Å². The van der Waals surface area contributed by atoms with Crippen LogP contribution in [0.4, 0.5) is 4.79 Å². The van der Waals surface area contributed by atoms with Gasteiger partial charge in [0.2, 0.25) is 0 Å². The third-order valence-electron chi connectivity index (χ3n) is 4.87. The van der Waals surface area contributed by atoms with Crippen LogP contribution in [0, 0.1) is 0 Å². The second-order valence-corrected chi connectivity index (χ2v) is 7.58. The summed E-state index contributed by atoms with van der Waals surface area (Å²) in [7, 11) is -4.79. The van der Waals surface area contributed by atoms with E-state index in [1.165, 1.54) is 11.3 Å². The lowest BCUT2D eigenvalue weighted by molar-refractivity contribution is -0.150. The smallest absolute Gasteiger partial charge is 0.418 e. The van der Waals surface area contributed by atoms with Gasteiger partial charge in [-0.3, -0.25) is 9.45 Å². The van der Waals surface area contributed by atoms with E-state index >= 15 is 0 Å². The zero-order chi connectivity index (χ0) is 18.0. The summed E-state index contributed by atoms with van der Waals surface area (Å²) in [5.74, 6) is -0.488. The molecule has 0 unspecified atom stereocenters. The summed E-state index contributed by atoms with van der Waals surface area (Å²) in [5, 5.41) is 0.621. The van der Waals surface area contributed by atoms with Gasteiger partial charge in [0.25, 0.3) is 0 Å². The van der Waals surface area contributed by atoms with Crippen LogP contribution in [0.3, 0.4) is 0 Å².